The van der Waals surface area contributed by atoms with E-state index in [1.807, 2.05) is 23.1 Å². The lowest BCUT2D eigenvalue weighted by Gasteiger charge is -2.31. The monoisotopic (exact) mass is 371 g/mol. The van der Waals surface area contributed by atoms with Crippen LogP contribution in [0, 0.1) is 0 Å². The third-order valence-corrected chi connectivity index (χ3v) is 4.76. The van der Waals surface area contributed by atoms with Crippen molar-refractivity contribution in [3.05, 3.63) is 53.3 Å². The van der Waals surface area contributed by atoms with E-state index in [1.165, 1.54) is 4.90 Å². The van der Waals surface area contributed by atoms with Crippen molar-refractivity contribution in [2.75, 3.05) is 18.1 Å². The molecule has 1 aromatic heterocycles. The second-order valence-electron chi connectivity index (χ2n) is 6.45. The molecule has 0 atom stereocenters. The van der Waals surface area contributed by atoms with Crippen LogP contribution in [-0.2, 0) is 16.1 Å². The zero-order chi connectivity index (χ0) is 18.1. The van der Waals surface area contributed by atoms with E-state index < -0.39 is 0 Å². The minimum atomic E-state index is -0.248. The predicted octanol–water partition coefficient (Wildman–Crippen LogP) is 2.65. The molecule has 2 amide bonds. The van der Waals surface area contributed by atoms with Gasteiger partial charge in [0.05, 0.1) is 17.9 Å². The lowest BCUT2D eigenvalue weighted by atomic mass is 10.2. The summed E-state index contributed by atoms with van der Waals surface area (Å²) in [6, 6.07) is 10.9. The molecule has 1 aliphatic heterocycles. The minimum absolute atomic E-state index is 0.0289. The first-order chi connectivity index (χ1) is 12.6. The molecule has 0 saturated heterocycles. The fourth-order valence-corrected chi connectivity index (χ4v) is 3.21. The number of nitrogens with zero attached hydrogens (tertiary/aromatic N) is 3. The standard InChI is InChI=1S/C19H18ClN3O3/c20-13-4-7-17-16(9-13)23(19(25)12-26-17)11-18(24)22(15-5-6-15)10-14-3-1-2-8-21-14/h1-4,7-9,15H,5-6,10-12H2. The van der Waals surface area contributed by atoms with Crippen LogP contribution < -0.4 is 9.64 Å². The molecule has 2 aromatic rings. The Kier molecular flexibility index (Phi) is 4.51. The van der Waals surface area contributed by atoms with Crippen molar-refractivity contribution in [1.82, 2.24) is 9.88 Å². The Balaban J connectivity index is 1.55. The second-order valence-corrected chi connectivity index (χ2v) is 6.89. The molecule has 134 valence electrons. The summed E-state index contributed by atoms with van der Waals surface area (Å²) in [5.41, 5.74) is 1.38. The first-order valence-electron chi connectivity index (χ1n) is 8.54. The zero-order valence-corrected chi connectivity index (χ0v) is 14.9. The second kappa shape index (κ2) is 6.96. The number of anilines is 1. The highest BCUT2D eigenvalue weighted by molar-refractivity contribution is 6.31. The molecular weight excluding hydrogens is 354 g/mol. The number of hydrogen-bond acceptors (Lipinski definition) is 4. The quantitative estimate of drug-likeness (QED) is 0.810. The normalized spacial score (nSPS) is 16.0. The highest BCUT2D eigenvalue weighted by atomic mass is 35.5. The number of carbonyl (C=O) groups excluding carboxylic acids is 2. The Hall–Kier alpha value is -2.60. The maximum atomic E-state index is 13.0. The van der Waals surface area contributed by atoms with Crippen molar-refractivity contribution in [3.63, 3.8) is 0 Å². The Morgan fingerprint density at radius 2 is 2.15 bits per heavy atom. The number of ether oxygens (including phenoxy) is 1. The molecule has 1 fully saturated rings. The molecule has 0 radical (unpaired) electrons. The first-order valence-corrected chi connectivity index (χ1v) is 8.92. The topological polar surface area (TPSA) is 62.7 Å². The third-order valence-electron chi connectivity index (χ3n) is 4.52. The summed E-state index contributed by atoms with van der Waals surface area (Å²) in [5, 5.41) is 0.493. The Morgan fingerprint density at radius 1 is 1.31 bits per heavy atom. The van der Waals surface area contributed by atoms with Gasteiger partial charge in [-0.25, -0.2) is 0 Å². The van der Waals surface area contributed by atoms with Gasteiger partial charge in [0.1, 0.15) is 12.3 Å². The van der Waals surface area contributed by atoms with Crippen LogP contribution in [0.1, 0.15) is 18.5 Å². The smallest absolute Gasteiger partial charge is 0.265 e. The average molecular weight is 372 g/mol. The number of amides is 2. The van der Waals surface area contributed by atoms with Crippen molar-refractivity contribution in [3.8, 4) is 5.75 Å². The number of hydrogen-bond donors (Lipinski definition) is 0. The van der Waals surface area contributed by atoms with E-state index in [0.29, 0.717) is 23.0 Å². The summed E-state index contributed by atoms with van der Waals surface area (Å²) in [5.74, 6) is 0.213. The van der Waals surface area contributed by atoms with E-state index >= 15 is 0 Å². The SMILES string of the molecule is O=C1COc2ccc(Cl)cc2N1CC(=O)N(Cc1ccccn1)C1CC1. The van der Waals surface area contributed by atoms with E-state index in [1.54, 1.807) is 24.4 Å². The zero-order valence-electron chi connectivity index (χ0n) is 14.1. The van der Waals surface area contributed by atoms with E-state index in [0.717, 1.165) is 18.5 Å². The van der Waals surface area contributed by atoms with Gasteiger partial charge in [-0.2, -0.15) is 0 Å². The van der Waals surface area contributed by atoms with Crippen LogP contribution in [0.4, 0.5) is 5.69 Å². The lowest BCUT2D eigenvalue weighted by Crippen LogP contribution is -2.47. The van der Waals surface area contributed by atoms with Gasteiger partial charge in [0.15, 0.2) is 6.61 Å². The van der Waals surface area contributed by atoms with Gasteiger partial charge < -0.3 is 9.64 Å². The number of pyridine rings is 1. The summed E-state index contributed by atoms with van der Waals surface area (Å²) >= 11 is 6.06. The van der Waals surface area contributed by atoms with Crippen molar-refractivity contribution < 1.29 is 14.3 Å². The fraction of sp³-hybridized carbons (Fsp3) is 0.316. The number of benzene rings is 1. The van der Waals surface area contributed by atoms with Gasteiger partial charge in [-0.1, -0.05) is 17.7 Å². The molecule has 0 N–H and O–H groups in total. The van der Waals surface area contributed by atoms with E-state index in [2.05, 4.69) is 4.98 Å². The summed E-state index contributed by atoms with van der Waals surface area (Å²) in [7, 11) is 0. The molecule has 1 aliphatic carbocycles. The van der Waals surface area contributed by atoms with Gasteiger partial charge in [0.25, 0.3) is 5.91 Å². The van der Waals surface area contributed by atoms with Gasteiger partial charge in [-0.05, 0) is 43.2 Å². The Labute approximate surface area is 156 Å². The van der Waals surface area contributed by atoms with Crippen molar-refractivity contribution >= 4 is 29.1 Å². The van der Waals surface area contributed by atoms with Gasteiger partial charge in [-0.3, -0.25) is 19.5 Å². The molecule has 1 aromatic carbocycles. The van der Waals surface area contributed by atoms with Crippen molar-refractivity contribution in [2.24, 2.45) is 0 Å². The third kappa shape index (κ3) is 3.51. The van der Waals surface area contributed by atoms with Gasteiger partial charge in [0.2, 0.25) is 5.91 Å². The Bertz CT molecular complexity index is 839. The van der Waals surface area contributed by atoms with Gasteiger partial charge in [0, 0.05) is 17.3 Å². The number of carbonyl (C=O) groups is 2. The highest BCUT2D eigenvalue weighted by Crippen LogP contribution is 2.35. The maximum Gasteiger partial charge on any atom is 0.265 e. The van der Waals surface area contributed by atoms with E-state index in [-0.39, 0.29) is 31.0 Å². The minimum Gasteiger partial charge on any atom is -0.482 e. The molecule has 6 nitrogen and oxygen atoms in total. The summed E-state index contributed by atoms with van der Waals surface area (Å²) in [4.78, 5) is 32.9. The molecule has 0 bridgehead atoms. The highest BCUT2D eigenvalue weighted by Gasteiger charge is 2.35. The van der Waals surface area contributed by atoms with Crippen LogP contribution >= 0.6 is 11.6 Å². The van der Waals surface area contributed by atoms with Crippen LogP contribution in [-0.4, -0.2) is 40.9 Å². The maximum absolute atomic E-state index is 13.0. The number of fused-ring (bicyclic) bond motifs is 1. The van der Waals surface area contributed by atoms with Crippen LogP contribution in [0.5, 0.6) is 5.75 Å². The Morgan fingerprint density at radius 3 is 2.88 bits per heavy atom. The summed E-state index contributed by atoms with van der Waals surface area (Å²) in [6.45, 7) is 0.343. The van der Waals surface area contributed by atoms with E-state index in [4.69, 9.17) is 16.3 Å². The average Bonchev–Trinajstić information content (AvgIpc) is 3.48. The van der Waals surface area contributed by atoms with E-state index in [9.17, 15) is 9.59 Å². The largest absolute Gasteiger partial charge is 0.482 e. The van der Waals surface area contributed by atoms with Gasteiger partial charge >= 0.3 is 0 Å². The van der Waals surface area contributed by atoms with Crippen molar-refractivity contribution in [1.29, 1.82) is 0 Å². The van der Waals surface area contributed by atoms with Gasteiger partial charge in [-0.15, -0.1) is 0 Å². The predicted molar refractivity (Wildman–Crippen MR) is 97.1 cm³/mol. The molecule has 0 spiro atoms. The molecule has 1 saturated carbocycles. The summed E-state index contributed by atoms with van der Waals surface area (Å²) < 4.78 is 5.43. The molecule has 2 aliphatic rings. The molecule has 0 unspecified atom stereocenters. The fourth-order valence-electron chi connectivity index (χ4n) is 3.05. The van der Waals surface area contributed by atoms with Crippen LogP contribution in [0.3, 0.4) is 0 Å². The molecule has 4 rings (SSSR count). The molecule has 26 heavy (non-hydrogen) atoms. The molecular formula is C19H18ClN3O3. The molecule has 7 heteroatoms. The van der Waals surface area contributed by atoms with Crippen LogP contribution in [0.2, 0.25) is 5.02 Å². The molecule has 2 heterocycles. The van der Waals surface area contributed by atoms with Crippen LogP contribution in [0.15, 0.2) is 42.6 Å². The number of halogens is 1. The first kappa shape index (κ1) is 16.8. The summed E-state index contributed by atoms with van der Waals surface area (Å²) in [6.07, 6.45) is 3.69. The van der Waals surface area contributed by atoms with Crippen molar-refractivity contribution in [2.45, 2.75) is 25.4 Å². The lowest BCUT2D eigenvalue weighted by molar-refractivity contribution is -0.133. The van der Waals surface area contributed by atoms with Crippen LogP contribution in [0.25, 0.3) is 0 Å². The number of aromatic nitrogens is 1. The number of rotatable bonds is 5.